The van der Waals surface area contributed by atoms with Gasteiger partial charge in [0.15, 0.2) is 0 Å². The van der Waals surface area contributed by atoms with Crippen molar-refractivity contribution in [3.63, 3.8) is 0 Å². The van der Waals surface area contributed by atoms with Gasteiger partial charge in [0, 0.05) is 12.0 Å². The van der Waals surface area contributed by atoms with E-state index < -0.39 is 5.41 Å². The zero-order valence-electron chi connectivity index (χ0n) is 16.0. The summed E-state index contributed by atoms with van der Waals surface area (Å²) < 4.78 is 5.35. The van der Waals surface area contributed by atoms with Gasteiger partial charge in [0.25, 0.3) is 0 Å². The van der Waals surface area contributed by atoms with Crippen LogP contribution in [-0.2, 0) is 9.59 Å². The van der Waals surface area contributed by atoms with E-state index in [0.717, 1.165) is 31.2 Å². The maximum atomic E-state index is 13.1. The third-order valence-corrected chi connectivity index (χ3v) is 4.66. The Morgan fingerprint density at radius 2 is 1.84 bits per heavy atom. The molecule has 0 aliphatic heterocycles. The molecule has 1 fully saturated rings. The predicted molar refractivity (Wildman–Crippen MR) is 99.8 cm³/mol. The van der Waals surface area contributed by atoms with Crippen LogP contribution in [0.1, 0.15) is 58.4 Å². The number of hydrogen-bond donors (Lipinski definition) is 2. The van der Waals surface area contributed by atoms with Crippen LogP contribution in [0.5, 0.6) is 5.75 Å². The number of carbonyl (C=O) groups excluding carboxylic acids is 2. The van der Waals surface area contributed by atoms with Crippen molar-refractivity contribution in [3.05, 3.63) is 23.8 Å². The lowest BCUT2D eigenvalue weighted by Crippen LogP contribution is -2.45. The molecule has 0 unspecified atom stereocenters. The topological polar surface area (TPSA) is 67.4 Å². The van der Waals surface area contributed by atoms with Gasteiger partial charge >= 0.3 is 0 Å². The fraction of sp³-hybridized carbons (Fsp3) is 0.600. The summed E-state index contributed by atoms with van der Waals surface area (Å²) >= 11 is 0. The van der Waals surface area contributed by atoms with Crippen LogP contribution in [0.4, 0.5) is 5.69 Å². The Morgan fingerprint density at radius 1 is 1.20 bits per heavy atom. The summed E-state index contributed by atoms with van der Waals surface area (Å²) in [6, 6.07) is 5.68. The third-order valence-electron chi connectivity index (χ3n) is 4.66. The summed E-state index contributed by atoms with van der Waals surface area (Å²) in [5, 5.41) is 5.99. The maximum Gasteiger partial charge on any atom is 0.231 e. The molecule has 25 heavy (non-hydrogen) atoms. The average Bonchev–Trinajstić information content (AvgIpc) is 2.95. The van der Waals surface area contributed by atoms with Gasteiger partial charge in [-0.1, -0.05) is 18.9 Å². The minimum Gasteiger partial charge on any atom is -0.495 e. The Balaban J connectivity index is 2.18. The summed E-state index contributed by atoms with van der Waals surface area (Å²) in [5.74, 6) is 0.477. The largest absolute Gasteiger partial charge is 0.495 e. The third kappa shape index (κ3) is 4.97. The second-order valence-electron chi connectivity index (χ2n) is 8.12. The van der Waals surface area contributed by atoms with E-state index in [2.05, 4.69) is 10.6 Å². The van der Waals surface area contributed by atoms with E-state index in [9.17, 15) is 9.59 Å². The molecule has 1 aliphatic rings. The first-order valence-electron chi connectivity index (χ1n) is 8.92. The van der Waals surface area contributed by atoms with Crippen molar-refractivity contribution in [1.82, 2.24) is 5.32 Å². The first kappa shape index (κ1) is 19.3. The number of nitrogens with one attached hydrogen (secondary N) is 2. The number of ether oxygens (including phenoxy) is 1. The minimum atomic E-state index is -0.635. The highest BCUT2D eigenvalue weighted by Gasteiger charge is 2.43. The molecule has 0 saturated heterocycles. The smallest absolute Gasteiger partial charge is 0.231 e. The van der Waals surface area contributed by atoms with E-state index in [4.69, 9.17) is 4.74 Å². The zero-order valence-corrected chi connectivity index (χ0v) is 16.0. The van der Waals surface area contributed by atoms with Crippen LogP contribution in [0.3, 0.4) is 0 Å². The fourth-order valence-electron chi connectivity index (χ4n) is 3.48. The van der Waals surface area contributed by atoms with Crippen molar-refractivity contribution < 1.29 is 14.3 Å². The second kappa shape index (κ2) is 7.46. The van der Waals surface area contributed by atoms with Gasteiger partial charge in [-0.3, -0.25) is 9.59 Å². The number of benzene rings is 1. The molecule has 1 saturated carbocycles. The molecular weight excluding hydrogens is 316 g/mol. The van der Waals surface area contributed by atoms with Gasteiger partial charge in [0.05, 0.1) is 18.2 Å². The standard InChI is InChI=1S/C20H30N2O3/c1-14-8-9-16(25-5)15(12-14)21-18(24)20(10-6-7-11-20)13-17(23)22-19(2,3)4/h8-9,12H,6-7,10-11,13H2,1-5H3,(H,21,24)(H,22,23). The molecule has 138 valence electrons. The van der Waals surface area contributed by atoms with Crippen molar-refractivity contribution in [2.24, 2.45) is 5.41 Å². The van der Waals surface area contributed by atoms with E-state index in [1.165, 1.54) is 0 Å². The molecule has 2 rings (SSSR count). The Labute approximate surface area is 150 Å². The maximum absolute atomic E-state index is 13.1. The Kier molecular flexibility index (Phi) is 5.76. The number of hydrogen-bond acceptors (Lipinski definition) is 3. The quantitative estimate of drug-likeness (QED) is 0.852. The summed E-state index contributed by atoms with van der Waals surface area (Å²) in [6.07, 6.45) is 3.65. The highest BCUT2D eigenvalue weighted by Crippen LogP contribution is 2.43. The molecule has 1 aromatic rings. The lowest BCUT2D eigenvalue weighted by Gasteiger charge is -2.29. The summed E-state index contributed by atoms with van der Waals surface area (Å²) in [5.41, 5.74) is 0.772. The number of methoxy groups -OCH3 is 1. The molecule has 5 heteroatoms. The first-order chi connectivity index (χ1) is 11.6. The molecule has 0 bridgehead atoms. The molecule has 0 heterocycles. The highest BCUT2D eigenvalue weighted by atomic mass is 16.5. The first-order valence-corrected chi connectivity index (χ1v) is 8.92. The Bertz CT molecular complexity index is 641. The van der Waals surface area contributed by atoms with E-state index in [-0.39, 0.29) is 23.8 Å². The van der Waals surface area contributed by atoms with Crippen LogP contribution in [0, 0.1) is 12.3 Å². The van der Waals surface area contributed by atoms with Crippen LogP contribution in [0.2, 0.25) is 0 Å². The SMILES string of the molecule is COc1ccc(C)cc1NC(=O)C1(CC(=O)NC(C)(C)C)CCCC1. The highest BCUT2D eigenvalue weighted by molar-refractivity contribution is 5.99. The molecule has 1 aliphatic carbocycles. The Morgan fingerprint density at radius 3 is 2.40 bits per heavy atom. The minimum absolute atomic E-state index is 0.0687. The van der Waals surface area contributed by atoms with Gasteiger partial charge in [0.1, 0.15) is 5.75 Å². The zero-order chi connectivity index (χ0) is 18.7. The van der Waals surface area contributed by atoms with Crippen molar-refractivity contribution in [2.75, 3.05) is 12.4 Å². The van der Waals surface area contributed by atoms with Crippen LogP contribution < -0.4 is 15.4 Å². The van der Waals surface area contributed by atoms with Crippen molar-refractivity contribution in [3.8, 4) is 5.75 Å². The summed E-state index contributed by atoms with van der Waals surface area (Å²) in [4.78, 5) is 25.5. The van der Waals surface area contributed by atoms with E-state index >= 15 is 0 Å². The second-order valence-corrected chi connectivity index (χ2v) is 8.12. The van der Waals surface area contributed by atoms with Gasteiger partial charge in [-0.15, -0.1) is 0 Å². The lowest BCUT2D eigenvalue weighted by molar-refractivity contribution is -0.133. The van der Waals surface area contributed by atoms with Gasteiger partial charge < -0.3 is 15.4 Å². The molecular formula is C20H30N2O3. The molecule has 0 atom stereocenters. The Hall–Kier alpha value is -2.04. The molecule has 2 amide bonds. The molecule has 5 nitrogen and oxygen atoms in total. The van der Waals surface area contributed by atoms with Gasteiger partial charge in [-0.05, 0) is 58.2 Å². The average molecular weight is 346 g/mol. The lowest BCUT2D eigenvalue weighted by atomic mass is 9.81. The van der Waals surface area contributed by atoms with Crippen LogP contribution in [-0.4, -0.2) is 24.5 Å². The fourth-order valence-corrected chi connectivity index (χ4v) is 3.48. The van der Waals surface area contributed by atoms with E-state index in [0.29, 0.717) is 11.4 Å². The molecule has 1 aromatic carbocycles. The molecule has 0 radical (unpaired) electrons. The van der Waals surface area contributed by atoms with Crippen LogP contribution >= 0.6 is 0 Å². The number of amides is 2. The number of anilines is 1. The van der Waals surface area contributed by atoms with E-state index in [1.807, 2.05) is 45.9 Å². The van der Waals surface area contributed by atoms with Crippen molar-refractivity contribution in [2.45, 2.75) is 65.3 Å². The van der Waals surface area contributed by atoms with Gasteiger partial charge in [-0.2, -0.15) is 0 Å². The van der Waals surface area contributed by atoms with Gasteiger partial charge in [0.2, 0.25) is 11.8 Å². The number of rotatable bonds is 5. The van der Waals surface area contributed by atoms with Crippen molar-refractivity contribution >= 4 is 17.5 Å². The van der Waals surface area contributed by atoms with Crippen LogP contribution in [0.15, 0.2) is 18.2 Å². The van der Waals surface area contributed by atoms with Crippen molar-refractivity contribution in [1.29, 1.82) is 0 Å². The molecule has 0 spiro atoms. The van der Waals surface area contributed by atoms with E-state index in [1.54, 1.807) is 7.11 Å². The normalized spacial score (nSPS) is 16.4. The van der Waals surface area contributed by atoms with Crippen LogP contribution in [0.25, 0.3) is 0 Å². The van der Waals surface area contributed by atoms with Gasteiger partial charge in [-0.25, -0.2) is 0 Å². The summed E-state index contributed by atoms with van der Waals surface area (Å²) in [6.45, 7) is 7.81. The molecule has 2 N–H and O–H groups in total. The monoisotopic (exact) mass is 346 g/mol. The number of aryl methyl sites for hydroxylation is 1. The summed E-state index contributed by atoms with van der Waals surface area (Å²) in [7, 11) is 1.59. The molecule has 0 aromatic heterocycles. The predicted octanol–water partition coefficient (Wildman–Crippen LogP) is 3.81. The number of carbonyl (C=O) groups is 2.